The van der Waals surface area contributed by atoms with Crippen LogP contribution in [0.3, 0.4) is 0 Å². The molecule has 2 aromatic rings. The van der Waals surface area contributed by atoms with Crippen molar-refractivity contribution >= 4 is 22.9 Å². The lowest BCUT2D eigenvalue weighted by molar-refractivity contribution is -0.120. The highest BCUT2D eigenvalue weighted by Crippen LogP contribution is 2.15. The first kappa shape index (κ1) is 12.1. The number of benzene rings is 1. The standard InChI is InChI=1S/C12H13N3O3/c1-13-11(16)4-5-15-7-14-9-3-2-8(12(17)18)6-10(9)15/h2-3,6-7H,4-5H2,1H3,(H,13,16)(H,17,18). The fraction of sp³-hybridized carbons (Fsp3) is 0.250. The number of fused-ring (bicyclic) bond motifs is 1. The molecule has 2 rings (SSSR count). The topological polar surface area (TPSA) is 84.2 Å². The Morgan fingerprint density at radius 1 is 1.44 bits per heavy atom. The zero-order valence-electron chi connectivity index (χ0n) is 9.88. The second kappa shape index (κ2) is 4.87. The van der Waals surface area contributed by atoms with E-state index in [1.807, 2.05) is 0 Å². The smallest absolute Gasteiger partial charge is 0.335 e. The molecule has 0 aliphatic rings. The molecule has 2 N–H and O–H groups in total. The summed E-state index contributed by atoms with van der Waals surface area (Å²) < 4.78 is 1.77. The molecular formula is C12H13N3O3. The molecule has 0 saturated carbocycles. The number of aromatic nitrogens is 2. The quantitative estimate of drug-likeness (QED) is 0.839. The van der Waals surface area contributed by atoms with Crippen LogP contribution in [0.4, 0.5) is 0 Å². The third-order valence-corrected chi connectivity index (χ3v) is 2.73. The Morgan fingerprint density at radius 3 is 2.89 bits per heavy atom. The minimum Gasteiger partial charge on any atom is -0.478 e. The van der Waals surface area contributed by atoms with Crippen LogP contribution in [0.25, 0.3) is 11.0 Å². The second-order valence-electron chi connectivity index (χ2n) is 3.87. The van der Waals surface area contributed by atoms with Crippen molar-refractivity contribution in [1.29, 1.82) is 0 Å². The van der Waals surface area contributed by atoms with Gasteiger partial charge >= 0.3 is 5.97 Å². The maximum atomic E-state index is 11.2. The predicted octanol–water partition coefficient (Wildman–Crippen LogP) is 0.871. The highest BCUT2D eigenvalue weighted by atomic mass is 16.4. The summed E-state index contributed by atoms with van der Waals surface area (Å²) in [6.45, 7) is 0.471. The molecule has 0 fully saturated rings. The van der Waals surface area contributed by atoms with Gasteiger partial charge in [-0.05, 0) is 18.2 Å². The van der Waals surface area contributed by atoms with Crippen LogP contribution in [0.1, 0.15) is 16.8 Å². The van der Waals surface area contributed by atoms with Gasteiger partial charge in [0.05, 0.1) is 22.9 Å². The number of hydrogen-bond acceptors (Lipinski definition) is 3. The molecule has 0 atom stereocenters. The van der Waals surface area contributed by atoms with E-state index in [1.54, 1.807) is 30.1 Å². The van der Waals surface area contributed by atoms with E-state index < -0.39 is 5.97 Å². The number of rotatable bonds is 4. The van der Waals surface area contributed by atoms with E-state index in [-0.39, 0.29) is 11.5 Å². The fourth-order valence-electron chi connectivity index (χ4n) is 1.71. The van der Waals surface area contributed by atoms with Gasteiger partial charge in [0.15, 0.2) is 0 Å². The number of carboxylic acids is 1. The summed E-state index contributed by atoms with van der Waals surface area (Å²) in [5.74, 6) is -1.04. The first-order valence-corrected chi connectivity index (χ1v) is 5.50. The van der Waals surface area contributed by atoms with Crippen LogP contribution in [0.15, 0.2) is 24.5 Å². The molecule has 0 aliphatic heterocycles. The maximum absolute atomic E-state index is 11.2. The Labute approximate surface area is 103 Å². The number of aromatic carboxylic acids is 1. The second-order valence-corrected chi connectivity index (χ2v) is 3.87. The van der Waals surface area contributed by atoms with Crippen LogP contribution < -0.4 is 5.32 Å². The summed E-state index contributed by atoms with van der Waals surface area (Å²) in [6.07, 6.45) is 1.94. The van der Waals surface area contributed by atoms with Crippen LogP contribution in [0.5, 0.6) is 0 Å². The van der Waals surface area contributed by atoms with Crippen LogP contribution in [-0.4, -0.2) is 33.6 Å². The maximum Gasteiger partial charge on any atom is 0.335 e. The summed E-state index contributed by atoms with van der Waals surface area (Å²) in [4.78, 5) is 26.2. The van der Waals surface area contributed by atoms with Gasteiger partial charge in [-0.1, -0.05) is 0 Å². The minimum atomic E-state index is -0.976. The molecule has 1 amide bonds. The number of nitrogens with zero attached hydrogens (tertiary/aromatic N) is 2. The van der Waals surface area contributed by atoms with Gasteiger partial charge in [0.25, 0.3) is 0 Å². The molecule has 0 aliphatic carbocycles. The van der Waals surface area contributed by atoms with Crippen LogP contribution >= 0.6 is 0 Å². The summed E-state index contributed by atoms with van der Waals surface area (Å²) in [5.41, 5.74) is 1.65. The first-order valence-electron chi connectivity index (χ1n) is 5.50. The SMILES string of the molecule is CNC(=O)CCn1cnc2ccc(C(=O)O)cc21. The summed E-state index contributed by atoms with van der Waals surface area (Å²) in [6, 6.07) is 4.74. The average molecular weight is 247 g/mol. The van der Waals surface area contributed by atoms with Crippen molar-refractivity contribution in [2.45, 2.75) is 13.0 Å². The number of aryl methyl sites for hydroxylation is 1. The third-order valence-electron chi connectivity index (χ3n) is 2.73. The largest absolute Gasteiger partial charge is 0.478 e. The Hall–Kier alpha value is -2.37. The predicted molar refractivity (Wildman–Crippen MR) is 65.4 cm³/mol. The van der Waals surface area contributed by atoms with Crippen molar-refractivity contribution in [3.8, 4) is 0 Å². The van der Waals surface area contributed by atoms with Crippen LogP contribution in [-0.2, 0) is 11.3 Å². The van der Waals surface area contributed by atoms with Crippen LogP contribution in [0.2, 0.25) is 0 Å². The lowest BCUT2D eigenvalue weighted by atomic mass is 10.2. The zero-order valence-corrected chi connectivity index (χ0v) is 9.88. The first-order chi connectivity index (χ1) is 8.61. The van der Waals surface area contributed by atoms with Gasteiger partial charge in [0.2, 0.25) is 5.91 Å². The summed E-state index contributed by atoms with van der Waals surface area (Å²) in [5, 5.41) is 11.5. The molecule has 0 radical (unpaired) electrons. The number of hydrogen-bond donors (Lipinski definition) is 2. The van der Waals surface area contributed by atoms with E-state index >= 15 is 0 Å². The highest BCUT2D eigenvalue weighted by molar-refractivity contribution is 5.92. The number of amides is 1. The number of carbonyl (C=O) groups excluding carboxylic acids is 1. The van der Waals surface area contributed by atoms with E-state index in [0.29, 0.717) is 13.0 Å². The van der Waals surface area contributed by atoms with Gasteiger partial charge in [-0.25, -0.2) is 9.78 Å². The van der Waals surface area contributed by atoms with Crippen molar-refractivity contribution in [1.82, 2.24) is 14.9 Å². The Bertz CT molecular complexity index is 604. The molecule has 0 saturated heterocycles. The summed E-state index contributed by atoms with van der Waals surface area (Å²) in [7, 11) is 1.58. The fourth-order valence-corrected chi connectivity index (χ4v) is 1.71. The normalized spacial score (nSPS) is 10.5. The number of carboxylic acid groups (broad SMARTS) is 1. The van der Waals surface area contributed by atoms with Gasteiger partial charge in [-0.2, -0.15) is 0 Å². The van der Waals surface area contributed by atoms with Crippen molar-refractivity contribution in [3.05, 3.63) is 30.1 Å². The highest BCUT2D eigenvalue weighted by Gasteiger charge is 2.08. The van der Waals surface area contributed by atoms with Gasteiger partial charge in [-0.3, -0.25) is 4.79 Å². The van der Waals surface area contributed by atoms with E-state index in [9.17, 15) is 9.59 Å². The van der Waals surface area contributed by atoms with Gasteiger partial charge in [0.1, 0.15) is 0 Å². The van der Waals surface area contributed by atoms with Gasteiger partial charge in [-0.15, -0.1) is 0 Å². The number of nitrogens with one attached hydrogen (secondary N) is 1. The molecule has 94 valence electrons. The van der Waals surface area contributed by atoms with Crippen molar-refractivity contribution in [3.63, 3.8) is 0 Å². The van der Waals surface area contributed by atoms with E-state index in [0.717, 1.165) is 11.0 Å². The average Bonchev–Trinajstić information content (AvgIpc) is 2.78. The molecule has 0 spiro atoms. The van der Waals surface area contributed by atoms with Crippen molar-refractivity contribution < 1.29 is 14.7 Å². The summed E-state index contributed by atoms with van der Waals surface area (Å²) >= 11 is 0. The lowest BCUT2D eigenvalue weighted by Crippen LogP contribution is -2.19. The number of imidazole rings is 1. The van der Waals surface area contributed by atoms with Gasteiger partial charge in [0, 0.05) is 20.0 Å². The molecule has 1 heterocycles. The van der Waals surface area contributed by atoms with Crippen LogP contribution in [0, 0.1) is 0 Å². The van der Waals surface area contributed by atoms with E-state index in [4.69, 9.17) is 5.11 Å². The van der Waals surface area contributed by atoms with Crippen molar-refractivity contribution in [2.24, 2.45) is 0 Å². The zero-order chi connectivity index (χ0) is 13.1. The minimum absolute atomic E-state index is 0.0637. The number of carbonyl (C=O) groups is 2. The molecular weight excluding hydrogens is 234 g/mol. The lowest BCUT2D eigenvalue weighted by Gasteiger charge is -2.04. The van der Waals surface area contributed by atoms with E-state index in [2.05, 4.69) is 10.3 Å². The molecule has 18 heavy (non-hydrogen) atoms. The molecule has 0 unspecified atom stereocenters. The molecule has 0 bridgehead atoms. The Kier molecular flexibility index (Phi) is 3.27. The Balaban J connectivity index is 2.30. The van der Waals surface area contributed by atoms with Crippen molar-refractivity contribution in [2.75, 3.05) is 7.05 Å². The third kappa shape index (κ3) is 2.32. The molecule has 1 aromatic carbocycles. The molecule has 1 aromatic heterocycles. The Morgan fingerprint density at radius 2 is 2.22 bits per heavy atom. The molecule has 6 heteroatoms. The van der Waals surface area contributed by atoms with Gasteiger partial charge < -0.3 is 15.0 Å². The molecule has 6 nitrogen and oxygen atoms in total. The monoisotopic (exact) mass is 247 g/mol. The van der Waals surface area contributed by atoms with E-state index in [1.165, 1.54) is 6.07 Å².